The Kier molecular flexibility index (Phi) is 3.24. The van der Waals surface area contributed by atoms with Gasteiger partial charge in [-0.25, -0.2) is 4.21 Å². The minimum Gasteiger partial charge on any atom is -0.302 e. The van der Waals surface area contributed by atoms with Gasteiger partial charge in [0.25, 0.3) is 0 Å². The van der Waals surface area contributed by atoms with Crippen molar-refractivity contribution in [2.24, 2.45) is 0 Å². The zero-order valence-electron chi connectivity index (χ0n) is 5.25. The maximum Gasteiger partial charge on any atom is 0.188 e. The third-order valence-corrected chi connectivity index (χ3v) is 3.73. The number of hydrogen-bond acceptors (Lipinski definition) is 1. The zero-order chi connectivity index (χ0) is 8.43. The van der Waals surface area contributed by atoms with Crippen LogP contribution in [0.4, 0.5) is 0 Å². The van der Waals surface area contributed by atoms with Crippen LogP contribution >= 0.6 is 31.9 Å². The molecule has 1 aromatic carbocycles. The molecule has 0 fully saturated rings. The normalized spacial score (nSPS) is 13.0. The first-order valence-corrected chi connectivity index (χ1v) is 5.37. The average Bonchev–Trinajstić information content (AvgIpc) is 1.85. The van der Waals surface area contributed by atoms with Crippen molar-refractivity contribution in [2.45, 2.75) is 4.90 Å². The summed E-state index contributed by atoms with van der Waals surface area (Å²) in [5, 5.41) is 0. The van der Waals surface area contributed by atoms with Crippen LogP contribution in [0.25, 0.3) is 0 Å². The van der Waals surface area contributed by atoms with E-state index in [2.05, 4.69) is 31.9 Å². The van der Waals surface area contributed by atoms with Gasteiger partial charge >= 0.3 is 0 Å². The fourth-order valence-electron chi connectivity index (χ4n) is 0.649. The van der Waals surface area contributed by atoms with Gasteiger partial charge in [-0.2, -0.15) is 0 Å². The first-order valence-electron chi connectivity index (χ1n) is 2.68. The van der Waals surface area contributed by atoms with Crippen molar-refractivity contribution in [2.75, 3.05) is 0 Å². The summed E-state index contributed by atoms with van der Waals surface area (Å²) < 4.78 is 20.8. The van der Waals surface area contributed by atoms with E-state index in [1.165, 1.54) is 0 Å². The number of hydrogen-bond donors (Lipinski definition) is 1. The summed E-state index contributed by atoms with van der Waals surface area (Å²) >= 11 is 4.38. The lowest BCUT2D eigenvalue weighted by molar-refractivity contribution is 0.563. The van der Waals surface area contributed by atoms with E-state index in [0.29, 0.717) is 13.8 Å². The lowest BCUT2D eigenvalue weighted by Gasteiger charge is -2.00. The highest BCUT2D eigenvalue weighted by Crippen LogP contribution is 2.27. The summed E-state index contributed by atoms with van der Waals surface area (Å²) in [7, 11) is 0. The molecule has 0 saturated carbocycles. The SMILES string of the molecule is O=S(O)c1c(Br)cccc1Br. The van der Waals surface area contributed by atoms with Crippen molar-refractivity contribution in [1.82, 2.24) is 0 Å². The first kappa shape index (κ1) is 9.38. The maximum atomic E-state index is 10.7. The number of rotatable bonds is 1. The minimum atomic E-state index is -1.95. The minimum absolute atomic E-state index is 0.368. The van der Waals surface area contributed by atoms with Gasteiger partial charge in [-0.05, 0) is 44.0 Å². The van der Waals surface area contributed by atoms with E-state index < -0.39 is 11.1 Å². The van der Waals surface area contributed by atoms with Crippen LogP contribution in [0.3, 0.4) is 0 Å². The molecule has 0 amide bonds. The molecular weight excluding hydrogens is 296 g/mol. The summed E-state index contributed by atoms with van der Waals surface area (Å²) in [6.07, 6.45) is 0. The van der Waals surface area contributed by atoms with Crippen molar-refractivity contribution in [3.8, 4) is 0 Å². The molecule has 0 saturated heterocycles. The Morgan fingerprint density at radius 1 is 1.27 bits per heavy atom. The molecule has 0 aliphatic heterocycles. The fraction of sp³-hybridized carbons (Fsp3) is 0. The van der Waals surface area contributed by atoms with Crippen molar-refractivity contribution >= 4 is 42.9 Å². The second-order valence-electron chi connectivity index (χ2n) is 1.80. The summed E-state index contributed by atoms with van der Waals surface area (Å²) in [4.78, 5) is 0.368. The monoisotopic (exact) mass is 298 g/mol. The summed E-state index contributed by atoms with van der Waals surface area (Å²) in [5.41, 5.74) is 0. The third-order valence-electron chi connectivity index (χ3n) is 1.09. The largest absolute Gasteiger partial charge is 0.302 e. The van der Waals surface area contributed by atoms with Gasteiger partial charge in [-0.3, -0.25) is 0 Å². The Hall–Kier alpha value is 0.290. The van der Waals surface area contributed by atoms with E-state index in [4.69, 9.17) is 4.55 Å². The molecule has 0 aromatic heterocycles. The highest BCUT2D eigenvalue weighted by Gasteiger charge is 2.08. The fourth-order valence-corrected chi connectivity index (χ4v) is 2.95. The van der Waals surface area contributed by atoms with Gasteiger partial charge in [0.2, 0.25) is 0 Å². The second kappa shape index (κ2) is 3.80. The molecule has 0 bridgehead atoms. The van der Waals surface area contributed by atoms with E-state index >= 15 is 0 Å². The molecule has 2 nitrogen and oxygen atoms in total. The number of halogens is 2. The van der Waals surface area contributed by atoms with Gasteiger partial charge < -0.3 is 4.55 Å². The average molecular weight is 300 g/mol. The van der Waals surface area contributed by atoms with E-state index in [1.807, 2.05) is 0 Å². The molecule has 0 aliphatic rings. The summed E-state index contributed by atoms with van der Waals surface area (Å²) in [6, 6.07) is 5.22. The molecule has 0 spiro atoms. The second-order valence-corrected chi connectivity index (χ2v) is 4.42. The molecule has 0 heterocycles. The van der Waals surface area contributed by atoms with Gasteiger partial charge in [0.15, 0.2) is 11.1 Å². The Balaban J connectivity index is 3.32. The lowest BCUT2D eigenvalue weighted by atomic mass is 10.4. The molecular formula is C6H4Br2O2S. The quantitative estimate of drug-likeness (QED) is 0.810. The highest BCUT2D eigenvalue weighted by atomic mass is 79.9. The molecule has 1 rings (SSSR count). The standard InChI is InChI=1S/C6H4Br2O2S/c7-4-2-1-3-5(8)6(4)11(9)10/h1-3H,(H,9,10). The highest BCUT2D eigenvalue weighted by molar-refractivity contribution is 9.11. The molecule has 1 unspecified atom stereocenters. The predicted molar refractivity (Wildman–Crippen MR) is 50.9 cm³/mol. The topological polar surface area (TPSA) is 37.3 Å². The number of benzene rings is 1. The molecule has 11 heavy (non-hydrogen) atoms. The smallest absolute Gasteiger partial charge is 0.188 e. The van der Waals surface area contributed by atoms with Gasteiger partial charge in [0, 0.05) is 8.95 Å². The molecule has 1 N–H and O–H groups in total. The predicted octanol–water partition coefficient (Wildman–Crippen LogP) is 2.79. The van der Waals surface area contributed by atoms with Crippen LogP contribution in [0.1, 0.15) is 0 Å². The van der Waals surface area contributed by atoms with Crippen LogP contribution in [-0.4, -0.2) is 8.76 Å². The van der Waals surface area contributed by atoms with Crippen LogP contribution in [0.2, 0.25) is 0 Å². The van der Waals surface area contributed by atoms with Crippen molar-refractivity contribution in [3.63, 3.8) is 0 Å². The van der Waals surface area contributed by atoms with Crippen molar-refractivity contribution < 1.29 is 8.76 Å². The van der Waals surface area contributed by atoms with Crippen LogP contribution in [-0.2, 0) is 11.1 Å². The van der Waals surface area contributed by atoms with E-state index in [-0.39, 0.29) is 0 Å². The Morgan fingerprint density at radius 2 is 1.73 bits per heavy atom. The summed E-state index contributed by atoms with van der Waals surface area (Å²) in [6.45, 7) is 0. The van der Waals surface area contributed by atoms with E-state index in [1.54, 1.807) is 18.2 Å². The van der Waals surface area contributed by atoms with Crippen LogP contribution in [0, 0.1) is 0 Å². The Bertz CT molecular complexity index is 280. The van der Waals surface area contributed by atoms with Crippen LogP contribution in [0.5, 0.6) is 0 Å². The zero-order valence-corrected chi connectivity index (χ0v) is 9.24. The summed E-state index contributed by atoms with van der Waals surface area (Å²) in [5.74, 6) is 0. The molecule has 5 heteroatoms. The van der Waals surface area contributed by atoms with Gasteiger partial charge in [0.05, 0.1) is 4.90 Å². The molecule has 60 valence electrons. The van der Waals surface area contributed by atoms with Crippen molar-refractivity contribution in [1.29, 1.82) is 0 Å². The van der Waals surface area contributed by atoms with E-state index in [9.17, 15) is 4.21 Å². The van der Waals surface area contributed by atoms with E-state index in [0.717, 1.165) is 0 Å². The maximum absolute atomic E-state index is 10.7. The Morgan fingerprint density at radius 3 is 2.00 bits per heavy atom. The lowest BCUT2D eigenvalue weighted by Crippen LogP contribution is -1.90. The molecule has 0 radical (unpaired) electrons. The third kappa shape index (κ3) is 2.11. The first-order chi connectivity index (χ1) is 5.13. The van der Waals surface area contributed by atoms with Crippen molar-refractivity contribution in [3.05, 3.63) is 27.1 Å². The van der Waals surface area contributed by atoms with Gasteiger partial charge in [0.1, 0.15) is 0 Å². The van der Waals surface area contributed by atoms with Gasteiger partial charge in [-0.15, -0.1) is 0 Å². The van der Waals surface area contributed by atoms with Crippen LogP contribution in [0.15, 0.2) is 32.0 Å². The molecule has 1 aromatic rings. The van der Waals surface area contributed by atoms with Gasteiger partial charge in [-0.1, -0.05) is 6.07 Å². The Labute approximate surface area is 83.5 Å². The molecule has 0 aliphatic carbocycles. The molecule has 1 atom stereocenters. The van der Waals surface area contributed by atoms with Crippen LogP contribution < -0.4 is 0 Å².